The van der Waals surface area contributed by atoms with Crippen LogP contribution in [0, 0.1) is 10.1 Å². The van der Waals surface area contributed by atoms with Crippen LogP contribution in [0.15, 0.2) is 41.5 Å². The number of carbonyl (C=O) groups excluding carboxylic acids is 1. The highest BCUT2D eigenvalue weighted by Crippen LogP contribution is 2.35. The molecule has 0 radical (unpaired) electrons. The van der Waals surface area contributed by atoms with Crippen molar-refractivity contribution < 1.29 is 19.2 Å². The number of nitrogens with one attached hydrogen (secondary N) is 1. The van der Waals surface area contributed by atoms with Crippen molar-refractivity contribution in [1.29, 1.82) is 0 Å². The van der Waals surface area contributed by atoms with Crippen LogP contribution in [0.2, 0.25) is 5.02 Å². The van der Waals surface area contributed by atoms with Gasteiger partial charge in [-0.3, -0.25) is 14.9 Å². The number of amides is 1. The molecule has 1 N–H and O–H groups in total. The summed E-state index contributed by atoms with van der Waals surface area (Å²) >= 11 is 6.09. The molecular weight excluding hydrogens is 362 g/mol. The quantitative estimate of drug-likeness (QED) is 0.454. The van der Waals surface area contributed by atoms with Crippen LogP contribution in [-0.2, 0) is 11.2 Å². The Bertz CT molecular complexity index is 854. The summed E-state index contributed by atoms with van der Waals surface area (Å²) in [5.41, 5.74) is 3.10. The van der Waals surface area contributed by atoms with Crippen LogP contribution in [0.4, 0.5) is 5.69 Å². The maximum atomic E-state index is 11.9. The van der Waals surface area contributed by atoms with Gasteiger partial charge in [-0.1, -0.05) is 29.8 Å². The van der Waals surface area contributed by atoms with Gasteiger partial charge >= 0.3 is 0 Å². The van der Waals surface area contributed by atoms with Crippen LogP contribution >= 0.6 is 11.6 Å². The fourth-order valence-corrected chi connectivity index (χ4v) is 2.54. The van der Waals surface area contributed by atoms with E-state index >= 15 is 0 Å². The van der Waals surface area contributed by atoms with Crippen molar-refractivity contribution in [2.24, 2.45) is 5.10 Å². The molecule has 2 aromatic carbocycles. The van der Waals surface area contributed by atoms with Crippen LogP contribution in [0.3, 0.4) is 0 Å². The average molecular weight is 378 g/mol. The third kappa shape index (κ3) is 4.70. The number of rotatable bonds is 7. The summed E-state index contributed by atoms with van der Waals surface area (Å²) in [6.45, 7) is 0. The molecule has 0 fully saturated rings. The summed E-state index contributed by atoms with van der Waals surface area (Å²) in [6.07, 6.45) is 1.21. The summed E-state index contributed by atoms with van der Waals surface area (Å²) in [7, 11) is 2.95. The summed E-state index contributed by atoms with van der Waals surface area (Å²) < 4.78 is 10.3. The highest BCUT2D eigenvalue weighted by molar-refractivity contribution is 6.32. The number of para-hydroxylation sites is 1. The van der Waals surface area contributed by atoms with E-state index in [1.165, 1.54) is 32.6 Å². The van der Waals surface area contributed by atoms with Gasteiger partial charge in [0.15, 0.2) is 11.5 Å². The number of hydrogen-bond donors (Lipinski definition) is 1. The summed E-state index contributed by atoms with van der Waals surface area (Å²) in [5.74, 6) is 0.335. The molecule has 0 saturated heterocycles. The monoisotopic (exact) mass is 377 g/mol. The Hall–Kier alpha value is -3.13. The largest absolute Gasteiger partial charge is 0.493 e. The third-order valence-corrected chi connectivity index (χ3v) is 3.68. The van der Waals surface area contributed by atoms with Gasteiger partial charge in [-0.15, -0.1) is 0 Å². The molecule has 2 rings (SSSR count). The minimum Gasteiger partial charge on any atom is -0.493 e. The molecule has 26 heavy (non-hydrogen) atoms. The fourth-order valence-electron chi connectivity index (χ4n) is 2.24. The van der Waals surface area contributed by atoms with Gasteiger partial charge in [0.1, 0.15) is 0 Å². The zero-order chi connectivity index (χ0) is 19.1. The molecule has 0 atom stereocenters. The van der Waals surface area contributed by atoms with Gasteiger partial charge in [0.25, 0.3) is 5.69 Å². The predicted molar refractivity (Wildman–Crippen MR) is 97.1 cm³/mol. The van der Waals surface area contributed by atoms with E-state index in [-0.39, 0.29) is 12.1 Å². The Morgan fingerprint density at radius 2 is 2.04 bits per heavy atom. The first-order chi connectivity index (χ1) is 12.5. The normalized spacial score (nSPS) is 10.6. The first-order valence-electron chi connectivity index (χ1n) is 7.42. The topological polar surface area (TPSA) is 103 Å². The third-order valence-electron chi connectivity index (χ3n) is 3.40. The van der Waals surface area contributed by atoms with E-state index in [0.29, 0.717) is 27.6 Å². The molecular formula is C17H16ClN3O5. The number of ether oxygens (including phenoxy) is 2. The van der Waals surface area contributed by atoms with Crippen LogP contribution in [0.1, 0.15) is 11.1 Å². The van der Waals surface area contributed by atoms with Crippen molar-refractivity contribution in [3.8, 4) is 11.5 Å². The lowest BCUT2D eigenvalue weighted by molar-refractivity contribution is -0.385. The number of nitrogens with zero attached hydrogens (tertiary/aromatic N) is 2. The molecule has 1 amide bonds. The van der Waals surface area contributed by atoms with Crippen molar-refractivity contribution in [1.82, 2.24) is 5.43 Å². The molecule has 0 bridgehead atoms. The van der Waals surface area contributed by atoms with E-state index < -0.39 is 10.8 Å². The minimum atomic E-state index is -0.530. The molecule has 0 aromatic heterocycles. The van der Waals surface area contributed by atoms with E-state index in [4.69, 9.17) is 21.1 Å². The van der Waals surface area contributed by atoms with Crippen LogP contribution in [-0.4, -0.2) is 31.3 Å². The molecule has 0 heterocycles. The number of benzene rings is 2. The molecule has 0 unspecified atom stereocenters. The van der Waals surface area contributed by atoms with Crippen molar-refractivity contribution in [3.63, 3.8) is 0 Å². The first kappa shape index (κ1) is 19.2. The zero-order valence-electron chi connectivity index (χ0n) is 14.1. The standard InChI is InChI=1S/C17H16ClN3O5/c1-25-15-8-11(7-13(18)17(15)26-2)10-19-20-16(22)9-12-5-3-4-6-14(12)21(23)24/h3-8,10H,9H2,1-2H3,(H,20,22)/b19-10+. The van der Waals surface area contributed by atoms with E-state index in [0.717, 1.165) is 0 Å². The number of methoxy groups -OCH3 is 2. The predicted octanol–water partition coefficient (Wildman–Crippen LogP) is 2.96. The second-order valence-corrected chi connectivity index (χ2v) is 5.50. The number of hydrazone groups is 1. The number of nitro groups is 1. The smallest absolute Gasteiger partial charge is 0.273 e. The van der Waals surface area contributed by atoms with Gasteiger partial charge in [-0.2, -0.15) is 5.10 Å². The van der Waals surface area contributed by atoms with Crippen LogP contribution < -0.4 is 14.9 Å². The first-order valence-corrected chi connectivity index (χ1v) is 7.79. The molecule has 136 valence electrons. The Balaban J connectivity index is 2.06. The zero-order valence-corrected chi connectivity index (χ0v) is 14.8. The average Bonchev–Trinajstić information content (AvgIpc) is 2.61. The lowest BCUT2D eigenvalue weighted by Crippen LogP contribution is -2.20. The highest BCUT2D eigenvalue weighted by Gasteiger charge is 2.15. The van der Waals surface area contributed by atoms with Crippen LogP contribution in [0.25, 0.3) is 0 Å². The second-order valence-electron chi connectivity index (χ2n) is 5.09. The van der Waals surface area contributed by atoms with Gasteiger partial charge in [0.05, 0.1) is 36.8 Å². The van der Waals surface area contributed by atoms with E-state index in [1.807, 2.05) is 0 Å². The summed E-state index contributed by atoms with van der Waals surface area (Å²) in [4.78, 5) is 22.4. The van der Waals surface area contributed by atoms with Crippen molar-refractivity contribution >= 4 is 29.4 Å². The number of halogens is 1. The van der Waals surface area contributed by atoms with Crippen LogP contribution in [0.5, 0.6) is 11.5 Å². The lowest BCUT2D eigenvalue weighted by atomic mass is 10.1. The number of hydrogen-bond acceptors (Lipinski definition) is 6. The molecule has 0 aliphatic rings. The Morgan fingerprint density at radius 3 is 2.69 bits per heavy atom. The molecule has 2 aromatic rings. The van der Waals surface area contributed by atoms with E-state index in [1.54, 1.807) is 24.3 Å². The van der Waals surface area contributed by atoms with Crippen molar-refractivity contribution in [2.45, 2.75) is 6.42 Å². The Morgan fingerprint density at radius 1 is 1.31 bits per heavy atom. The Kier molecular flexibility index (Phi) is 6.51. The van der Waals surface area contributed by atoms with Gasteiger partial charge < -0.3 is 9.47 Å². The van der Waals surface area contributed by atoms with Crippen molar-refractivity contribution in [2.75, 3.05) is 14.2 Å². The SMILES string of the molecule is COc1cc(/C=N/NC(=O)Cc2ccccc2[N+](=O)[O-])cc(Cl)c1OC. The Labute approximate surface area is 154 Å². The lowest BCUT2D eigenvalue weighted by Gasteiger charge is -2.09. The highest BCUT2D eigenvalue weighted by atomic mass is 35.5. The van der Waals surface area contributed by atoms with Gasteiger partial charge in [-0.25, -0.2) is 5.43 Å². The minimum absolute atomic E-state index is 0.113. The molecule has 0 aliphatic heterocycles. The van der Waals surface area contributed by atoms with Crippen molar-refractivity contribution in [3.05, 3.63) is 62.7 Å². The maximum absolute atomic E-state index is 11.9. The van der Waals surface area contributed by atoms with E-state index in [9.17, 15) is 14.9 Å². The van der Waals surface area contributed by atoms with Gasteiger partial charge in [-0.05, 0) is 17.7 Å². The molecule has 0 aliphatic carbocycles. The number of nitro benzene ring substituents is 1. The molecule has 0 spiro atoms. The second kappa shape index (κ2) is 8.82. The van der Waals surface area contributed by atoms with Gasteiger partial charge in [0.2, 0.25) is 5.91 Å². The number of carbonyl (C=O) groups is 1. The molecule has 9 heteroatoms. The molecule has 8 nitrogen and oxygen atoms in total. The summed E-state index contributed by atoms with van der Waals surface area (Å²) in [6, 6.07) is 9.28. The maximum Gasteiger partial charge on any atom is 0.273 e. The molecule has 0 saturated carbocycles. The summed E-state index contributed by atoms with van der Waals surface area (Å²) in [5, 5.41) is 15.1. The van der Waals surface area contributed by atoms with E-state index in [2.05, 4.69) is 10.5 Å². The van der Waals surface area contributed by atoms with Gasteiger partial charge in [0, 0.05) is 11.6 Å². The fraction of sp³-hybridized carbons (Fsp3) is 0.176.